The van der Waals surface area contributed by atoms with Crippen molar-refractivity contribution in [1.82, 2.24) is 5.32 Å². The Morgan fingerprint density at radius 1 is 1.05 bits per heavy atom. The van der Waals surface area contributed by atoms with Crippen molar-refractivity contribution in [3.63, 3.8) is 0 Å². The molecule has 0 unspecified atom stereocenters. The Kier molecular flexibility index (Phi) is 5.09. The fraction of sp³-hybridized carbons (Fsp3) is 0.118. The molecule has 102 valence electrons. The van der Waals surface area contributed by atoms with Gasteiger partial charge >= 0.3 is 0 Å². The van der Waals surface area contributed by atoms with Gasteiger partial charge in [0.25, 0.3) is 0 Å². The van der Waals surface area contributed by atoms with Crippen LogP contribution in [0.1, 0.15) is 5.56 Å². The second-order valence-electron chi connectivity index (χ2n) is 4.34. The number of carbonyl (C=O) groups excluding carboxylic acids is 1. The van der Waals surface area contributed by atoms with Crippen LogP contribution >= 0.6 is 0 Å². The Balaban J connectivity index is 2.11. The second kappa shape index (κ2) is 7.26. The largest absolute Gasteiger partial charge is 0.395 e. The molecule has 0 fully saturated rings. The lowest BCUT2D eigenvalue weighted by Gasteiger charge is -2.03. The molecule has 0 aromatic heterocycles. The minimum absolute atomic E-state index is 0.0525. The molecule has 2 aromatic carbocycles. The minimum atomic E-state index is -0.204. The van der Waals surface area contributed by atoms with E-state index >= 15 is 0 Å². The molecule has 20 heavy (non-hydrogen) atoms. The van der Waals surface area contributed by atoms with E-state index in [9.17, 15) is 4.79 Å². The van der Waals surface area contributed by atoms with Gasteiger partial charge in [0.15, 0.2) is 0 Å². The van der Waals surface area contributed by atoms with Gasteiger partial charge in [-0.2, -0.15) is 0 Å². The summed E-state index contributed by atoms with van der Waals surface area (Å²) in [6, 6.07) is 18.1. The first-order chi connectivity index (χ1) is 9.79. The maximum absolute atomic E-state index is 11.4. The number of rotatable bonds is 5. The summed E-state index contributed by atoms with van der Waals surface area (Å²) in [7, 11) is 0. The van der Waals surface area contributed by atoms with Crippen LogP contribution in [0, 0.1) is 0 Å². The van der Waals surface area contributed by atoms with E-state index in [2.05, 4.69) is 17.4 Å². The number of nitrogens with one attached hydrogen (secondary N) is 1. The molecule has 0 heterocycles. The van der Waals surface area contributed by atoms with E-state index in [1.807, 2.05) is 42.5 Å². The normalized spacial score (nSPS) is 10.7. The van der Waals surface area contributed by atoms with E-state index < -0.39 is 0 Å². The first-order valence-electron chi connectivity index (χ1n) is 6.52. The standard InChI is InChI=1S/C17H17NO2/c19-12-11-18-17(20)10-9-14-5-4-8-16(13-14)15-6-2-1-3-7-15/h1-10,13,19H,11-12H2,(H,18,20)/b10-9+. The van der Waals surface area contributed by atoms with Gasteiger partial charge in [0.1, 0.15) is 0 Å². The number of carbonyl (C=O) groups is 1. The molecule has 0 saturated carbocycles. The molecule has 3 nitrogen and oxygen atoms in total. The molecule has 3 heteroatoms. The van der Waals surface area contributed by atoms with Crippen LogP contribution < -0.4 is 5.32 Å². The number of aliphatic hydroxyl groups excluding tert-OH is 1. The van der Waals surface area contributed by atoms with E-state index in [4.69, 9.17) is 5.11 Å². The molecule has 0 atom stereocenters. The molecule has 1 amide bonds. The monoisotopic (exact) mass is 267 g/mol. The average Bonchev–Trinajstić information content (AvgIpc) is 2.52. The van der Waals surface area contributed by atoms with Crippen molar-refractivity contribution in [2.45, 2.75) is 0 Å². The van der Waals surface area contributed by atoms with Crippen LogP contribution in [-0.4, -0.2) is 24.2 Å². The lowest BCUT2D eigenvalue weighted by Crippen LogP contribution is -2.24. The van der Waals surface area contributed by atoms with Gasteiger partial charge < -0.3 is 10.4 Å². The Morgan fingerprint density at radius 2 is 1.80 bits per heavy atom. The zero-order chi connectivity index (χ0) is 14.2. The van der Waals surface area contributed by atoms with Crippen molar-refractivity contribution in [1.29, 1.82) is 0 Å². The fourth-order valence-electron chi connectivity index (χ4n) is 1.86. The zero-order valence-corrected chi connectivity index (χ0v) is 11.1. The Bertz CT molecular complexity index is 591. The summed E-state index contributed by atoms with van der Waals surface area (Å²) in [6.45, 7) is 0.219. The maximum Gasteiger partial charge on any atom is 0.244 e. The summed E-state index contributed by atoms with van der Waals surface area (Å²) in [4.78, 5) is 11.4. The number of hydrogen-bond acceptors (Lipinski definition) is 2. The highest BCUT2D eigenvalue weighted by Gasteiger charge is 1.98. The summed E-state index contributed by atoms with van der Waals surface area (Å²) in [5, 5.41) is 11.2. The zero-order valence-electron chi connectivity index (χ0n) is 11.1. The number of hydrogen-bond donors (Lipinski definition) is 2. The first-order valence-corrected chi connectivity index (χ1v) is 6.52. The molecular formula is C17H17NO2. The topological polar surface area (TPSA) is 49.3 Å². The number of aliphatic hydroxyl groups is 1. The molecular weight excluding hydrogens is 250 g/mol. The maximum atomic E-state index is 11.4. The van der Waals surface area contributed by atoms with E-state index in [-0.39, 0.29) is 19.1 Å². The van der Waals surface area contributed by atoms with E-state index in [1.54, 1.807) is 6.08 Å². The van der Waals surface area contributed by atoms with Gasteiger partial charge in [-0.3, -0.25) is 4.79 Å². The van der Waals surface area contributed by atoms with Crippen LogP contribution in [-0.2, 0) is 4.79 Å². The quantitative estimate of drug-likeness (QED) is 0.818. The molecule has 2 rings (SSSR count). The summed E-state index contributed by atoms with van der Waals surface area (Å²) in [5.74, 6) is -0.204. The molecule has 0 saturated heterocycles. The van der Waals surface area contributed by atoms with Crippen LogP contribution in [0.2, 0.25) is 0 Å². The van der Waals surface area contributed by atoms with E-state index in [0.29, 0.717) is 0 Å². The number of benzene rings is 2. The van der Waals surface area contributed by atoms with E-state index in [1.165, 1.54) is 6.08 Å². The Hall–Kier alpha value is -2.39. The van der Waals surface area contributed by atoms with Crippen molar-refractivity contribution < 1.29 is 9.90 Å². The summed E-state index contributed by atoms with van der Waals surface area (Å²) < 4.78 is 0. The van der Waals surface area contributed by atoms with Gasteiger partial charge in [-0.05, 0) is 28.8 Å². The average molecular weight is 267 g/mol. The molecule has 0 aliphatic heterocycles. The third-order valence-electron chi connectivity index (χ3n) is 2.83. The van der Waals surface area contributed by atoms with Gasteiger partial charge in [0, 0.05) is 12.6 Å². The summed E-state index contributed by atoms with van der Waals surface area (Å²) in [6.07, 6.45) is 3.24. The third kappa shape index (κ3) is 4.07. The van der Waals surface area contributed by atoms with Crippen LogP contribution in [0.5, 0.6) is 0 Å². The van der Waals surface area contributed by atoms with Gasteiger partial charge in [-0.25, -0.2) is 0 Å². The van der Waals surface area contributed by atoms with Crippen molar-refractivity contribution in [2.75, 3.05) is 13.2 Å². The lowest BCUT2D eigenvalue weighted by molar-refractivity contribution is -0.116. The van der Waals surface area contributed by atoms with Crippen LogP contribution in [0.25, 0.3) is 17.2 Å². The van der Waals surface area contributed by atoms with Gasteiger partial charge in [-0.1, -0.05) is 48.5 Å². The van der Waals surface area contributed by atoms with Crippen LogP contribution in [0.4, 0.5) is 0 Å². The smallest absolute Gasteiger partial charge is 0.244 e. The van der Waals surface area contributed by atoms with Crippen molar-refractivity contribution in [3.8, 4) is 11.1 Å². The van der Waals surface area contributed by atoms with Gasteiger partial charge in [0.2, 0.25) is 5.91 Å². The van der Waals surface area contributed by atoms with Crippen molar-refractivity contribution in [3.05, 3.63) is 66.2 Å². The lowest BCUT2D eigenvalue weighted by atomic mass is 10.0. The molecule has 0 aliphatic rings. The summed E-state index contributed by atoms with van der Waals surface area (Å²) in [5.41, 5.74) is 3.22. The highest BCUT2D eigenvalue weighted by atomic mass is 16.3. The highest BCUT2D eigenvalue weighted by molar-refractivity contribution is 5.91. The predicted molar refractivity (Wildman–Crippen MR) is 81.0 cm³/mol. The van der Waals surface area contributed by atoms with Crippen molar-refractivity contribution >= 4 is 12.0 Å². The predicted octanol–water partition coefficient (Wildman–Crippen LogP) is 2.48. The molecule has 2 N–H and O–H groups in total. The Labute approximate surface area is 118 Å². The molecule has 0 spiro atoms. The minimum Gasteiger partial charge on any atom is -0.395 e. The van der Waals surface area contributed by atoms with E-state index in [0.717, 1.165) is 16.7 Å². The van der Waals surface area contributed by atoms with Crippen LogP contribution in [0.15, 0.2) is 60.7 Å². The summed E-state index contributed by atoms with van der Waals surface area (Å²) >= 11 is 0. The molecule has 0 aliphatic carbocycles. The number of amides is 1. The Morgan fingerprint density at radius 3 is 2.55 bits per heavy atom. The first kappa shape index (κ1) is 14.0. The molecule has 0 radical (unpaired) electrons. The van der Waals surface area contributed by atoms with Gasteiger partial charge in [0.05, 0.1) is 6.61 Å². The van der Waals surface area contributed by atoms with Gasteiger partial charge in [-0.15, -0.1) is 0 Å². The SMILES string of the molecule is O=C(/C=C/c1cccc(-c2ccccc2)c1)NCCO. The van der Waals surface area contributed by atoms with Crippen molar-refractivity contribution in [2.24, 2.45) is 0 Å². The highest BCUT2D eigenvalue weighted by Crippen LogP contribution is 2.20. The van der Waals surface area contributed by atoms with Crippen LogP contribution in [0.3, 0.4) is 0 Å². The second-order valence-corrected chi connectivity index (χ2v) is 4.34. The fourth-order valence-corrected chi connectivity index (χ4v) is 1.86. The third-order valence-corrected chi connectivity index (χ3v) is 2.83. The molecule has 0 bridgehead atoms. The molecule has 2 aromatic rings.